The molecule has 0 aromatic rings. The van der Waals surface area contributed by atoms with E-state index in [1.165, 1.54) is 11.4 Å². The molecule has 13 heavy (non-hydrogen) atoms. The van der Waals surface area contributed by atoms with Crippen LogP contribution in [0.15, 0.2) is 0 Å². The van der Waals surface area contributed by atoms with Gasteiger partial charge in [-0.05, 0) is 20.8 Å². The van der Waals surface area contributed by atoms with E-state index in [1.54, 1.807) is 6.92 Å². The summed E-state index contributed by atoms with van der Waals surface area (Å²) in [6.45, 7) is 5.65. The lowest BCUT2D eigenvalue weighted by atomic mass is 10.4. The van der Waals surface area contributed by atoms with Crippen molar-refractivity contribution in [1.82, 2.24) is 9.03 Å². The van der Waals surface area contributed by atoms with Crippen molar-refractivity contribution in [2.45, 2.75) is 32.9 Å². The molecule has 0 unspecified atom stereocenters. The van der Waals surface area contributed by atoms with E-state index >= 15 is 0 Å². The molecule has 0 aliphatic heterocycles. The average Bonchev–Trinajstić information content (AvgIpc) is 2.01. The molecule has 0 saturated heterocycles. The molecule has 0 rings (SSSR count). The summed E-state index contributed by atoms with van der Waals surface area (Å²) in [6, 6.07) is -0.284. The van der Waals surface area contributed by atoms with Crippen LogP contribution in [0.4, 0.5) is 0 Å². The fraction of sp³-hybridized carbons (Fsp3) is 1.00. The zero-order chi connectivity index (χ0) is 10.6. The second kappa shape index (κ2) is 4.90. The van der Waals surface area contributed by atoms with Crippen LogP contribution in [0.1, 0.15) is 20.8 Å². The zero-order valence-electron chi connectivity index (χ0n) is 8.61. The predicted molar refractivity (Wildman–Crippen MR) is 53.5 cm³/mol. The Morgan fingerprint density at radius 2 is 1.85 bits per heavy atom. The Hall–Kier alpha value is -0.170. The van der Waals surface area contributed by atoms with E-state index in [0.29, 0.717) is 6.54 Å². The maximum atomic E-state index is 11.5. The molecular formula is C7H19N3O2S. The average molecular weight is 209 g/mol. The number of nitrogens with one attached hydrogen (secondary N) is 1. The van der Waals surface area contributed by atoms with Crippen LogP contribution in [0, 0.1) is 0 Å². The monoisotopic (exact) mass is 209 g/mol. The van der Waals surface area contributed by atoms with Crippen LogP contribution in [-0.2, 0) is 10.2 Å². The van der Waals surface area contributed by atoms with E-state index < -0.39 is 10.2 Å². The summed E-state index contributed by atoms with van der Waals surface area (Å²) in [5, 5.41) is 0. The Kier molecular flexibility index (Phi) is 4.83. The van der Waals surface area contributed by atoms with Gasteiger partial charge in [0.1, 0.15) is 0 Å². The molecule has 0 spiro atoms. The zero-order valence-corrected chi connectivity index (χ0v) is 9.43. The first-order chi connectivity index (χ1) is 5.81. The van der Waals surface area contributed by atoms with Gasteiger partial charge in [0.2, 0.25) is 0 Å². The highest BCUT2D eigenvalue weighted by Gasteiger charge is 2.21. The lowest BCUT2D eigenvalue weighted by molar-refractivity contribution is 0.398. The Labute approximate surface area is 80.5 Å². The maximum Gasteiger partial charge on any atom is 0.279 e. The third kappa shape index (κ3) is 4.04. The summed E-state index contributed by atoms with van der Waals surface area (Å²) in [4.78, 5) is 0. The molecule has 0 fully saturated rings. The van der Waals surface area contributed by atoms with Crippen LogP contribution in [0.3, 0.4) is 0 Å². The molecule has 80 valence electrons. The quantitative estimate of drug-likeness (QED) is 0.641. The van der Waals surface area contributed by atoms with E-state index in [-0.39, 0.29) is 12.1 Å². The molecule has 0 amide bonds. The summed E-state index contributed by atoms with van der Waals surface area (Å²) in [5.74, 6) is 0. The molecule has 0 heterocycles. The van der Waals surface area contributed by atoms with Crippen molar-refractivity contribution in [1.29, 1.82) is 0 Å². The molecule has 0 saturated carbocycles. The van der Waals surface area contributed by atoms with Crippen LogP contribution >= 0.6 is 0 Å². The minimum absolute atomic E-state index is 0.0533. The van der Waals surface area contributed by atoms with Gasteiger partial charge in [0, 0.05) is 25.7 Å². The van der Waals surface area contributed by atoms with Gasteiger partial charge in [-0.15, -0.1) is 0 Å². The maximum absolute atomic E-state index is 11.5. The highest BCUT2D eigenvalue weighted by Crippen LogP contribution is 2.01. The highest BCUT2D eigenvalue weighted by molar-refractivity contribution is 7.87. The van der Waals surface area contributed by atoms with Gasteiger partial charge < -0.3 is 5.73 Å². The first-order valence-corrected chi connectivity index (χ1v) is 5.70. The molecule has 0 aromatic carbocycles. The third-order valence-electron chi connectivity index (χ3n) is 1.81. The molecule has 6 heteroatoms. The molecule has 0 aromatic heterocycles. The molecule has 5 nitrogen and oxygen atoms in total. The summed E-state index contributed by atoms with van der Waals surface area (Å²) in [7, 11) is -1.83. The number of rotatable bonds is 5. The number of hydrogen-bond acceptors (Lipinski definition) is 3. The standard InChI is InChI=1S/C7H19N3O2S/c1-6(2)10(4)13(11,12)9-7(3)5-8/h6-7,9H,5,8H2,1-4H3/t7-/m1/s1. The van der Waals surface area contributed by atoms with Crippen LogP contribution in [0.5, 0.6) is 0 Å². The van der Waals surface area contributed by atoms with E-state index in [0.717, 1.165) is 0 Å². The van der Waals surface area contributed by atoms with Crippen molar-refractivity contribution in [3.8, 4) is 0 Å². The lowest BCUT2D eigenvalue weighted by Crippen LogP contribution is -2.47. The SMILES string of the molecule is CC(C)N(C)S(=O)(=O)N[C@H](C)CN. The Morgan fingerprint density at radius 1 is 1.38 bits per heavy atom. The second-order valence-corrected chi connectivity index (χ2v) is 5.13. The Balaban J connectivity index is 4.41. The van der Waals surface area contributed by atoms with E-state index in [2.05, 4.69) is 4.72 Å². The van der Waals surface area contributed by atoms with E-state index in [1.807, 2.05) is 13.8 Å². The first kappa shape index (κ1) is 12.8. The number of nitrogens with zero attached hydrogens (tertiary/aromatic N) is 1. The van der Waals surface area contributed by atoms with Crippen molar-refractivity contribution in [2.24, 2.45) is 5.73 Å². The summed E-state index contributed by atoms with van der Waals surface area (Å²) in [6.07, 6.45) is 0. The normalized spacial score (nSPS) is 15.3. The van der Waals surface area contributed by atoms with Gasteiger partial charge in [0.05, 0.1) is 0 Å². The molecule has 3 N–H and O–H groups in total. The van der Waals surface area contributed by atoms with Gasteiger partial charge >= 0.3 is 0 Å². The fourth-order valence-electron chi connectivity index (χ4n) is 0.663. The number of nitrogens with two attached hydrogens (primary N) is 1. The lowest BCUT2D eigenvalue weighted by Gasteiger charge is -2.23. The highest BCUT2D eigenvalue weighted by atomic mass is 32.2. The number of hydrogen-bond donors (Lipinski definition) is 2. The first-order valence-electron chi connectivity index (χ1n) is 4.26. The third-order valence-corrected chi connectivity index (χ3v) is 3.69. The van der Waals surface area contributed by atoms with Crippen molar-refractivity contribution >= 4 is 10.2 Å². The summed E-state index contributed by atoms with van der Waals surface area (Å²) < 4.78 is 26.7. The summed E-state index contributed by atoms with van der Waals surface area (Å²) in [5.41, 5.74) is 5.31. The fourth-order valence-corrected chi connectivity index (χ4v) is 1.99. The van der Waals surface area contributed by atoms with Gasteiger partial charge in [-0.2, -0.15) is 17.4 Å². The topological polar surface area (TPSA) is 75.4 Å². The minimum atomic E-state index is -3.37. The van der Waals surface area contributed by atoms with Crippen LogP contribution in [0.25, 0.3) is 0 Å². The smallest absolute Gasteiger partial charge is 0.279 e. The molecule has 0 bridgehead atoms. The van der Waals surface area contributed by atoms with Gasteiger partial charge in [-0.3, -0.25) is 0 Å². The van der Waals surface area contributed by atoms with Gasteiger partial charge in [0.15, 0.2) is 0 Å². The molecule has 1 atom stereocenters. The van der Waals surface area contributed by atoms with E-state index in [4.69, 9.17) is 5.73 Å². The van der Waals surface area contributed by atoms with Crippen LogP contribution < -0.4 is 10.5 Å². The minimum Gasteiger partial charge on any atom is -0.329 e. The van der Waals surface area contributed by atoms with Crippen molar-refractivity contribution in [2.75, 3.05) is 13.6 Å². The van der Waals surface area contributed by atoms with Gasteiger partial charge in [-0.25, -0.2) is 0 Å². The summed E-state index contributed by atoms with van der Waals surface area (Å²) >= 11 is 0. The van der Waals surface area contributed by atoms with Crippen molar-refractivity contribution < 1.29 is 8.42 Å². The second-order valence-electron chi connectivity index (χ2n) is 3.37. The molecule has 0 aliphatic rings. The van der Waals surface area contributed by atoms with Gasteiger partial charge in [0.25, 0.3) is 10.2 Å². The Bertz CT molecular complexity index is 238. The van der Waals surface area contributed by atoms with Gasteiger partial charge in [-0.1, -0.05) is 0 Å². The largest absolute Gasteiger partial charge is 0.329 e. The Morgan fingerprint density at radius 3 is 2.15 bits per heavy atom. The molecule has 0 aliphatic carbocycles. The van der Waals surface area contributed by atoms with Crippen LogP contribution in [-0.4, -0.2) is 38.4 Å². The van der Waals surface area contributed by atoms with Crippen LogP contribution in [0.2, 0.25) is 0 Å². The molecule has 0 radical (unpaired) electrons. The molecular weight excluding hydrogens is 190 g/mol. The van der Waals surface area contributed by atoms with Crippen molar-refractivity contribution in [3.05, 3.63) is 0 Å². The predicted octanol–water partition coefficient (Wildman–Crippen LogP) is -0.492. The van der Waals surface area contributed by atoms with E-state index in [9.17, 15) is 8.42 Å². The van der Waals surface area contributed by atoms with Crippen molar-refractivity contribution in [3.63, 3.8) is 0 Å².